The van der Waals surface area contributed by atoms with E-state index in [2.05, 4.69) is 37.2 Å². The largest absolute Gasteiger partial charge is 0.487 e. The normalized spacial score (nSPS) is 11.2. The zero-order valence-corrected chi connectivity index (χ0v) is 11.3. The molecule has 2 rings (SSSR count). The second-order valence-corrected chi connectivity index (χ2v) is 4.38. The molecule has 112 valence electrons. The molecule has 0 aliphatic rings. The summed E-state index contributed by atoms with van der Waals surface area (Å²) < 4.78 is 30.4. The fourth-order valence-corrected chi connectivity index (χ4v) is 1.55. The molecule has 1 aromatic carbocycles. The summed E-state index contributed by atoms with van der Waals surface area (Å²) in [5.41, 5.74) is -3.32. The minimum Gasteiger partial charge on any atom is -0.420 e. The number of rotatable bonds is 6. The number of hydrogen-bond donors (Lipinski definition) is 1. The fraction of sp³-hybridized carbons (Fsp3) is 0.273. The average Bonchev–Trinajstić information content (AvgIpc) is 2.90. The summed E-state index contributed by atoms with van der Waals surface area (Å²) in [4.78, 5) is 11.7. The molecular weight excluding hydrogens is 308 g/mol. The lowest BCUT2D eigenvalue weighted by molar-refractivity contribution is -0.116. The summed E-state index contributed by atoms with van der Waals surface area (Å²) in [6, 6.07) is 5.39. The van der Waals surface area contributed by atoms with Crippen LogP contribution >= 0.6 is 11.6 Å². The summed E-state index contributed by atoms with van der Waals surface area (Å²) in [5, 5.41) is 13.1. The molecule has 7 nitrogen and oxygen atoms in total. The summed E-state index contributed by atoms with van der Waals surface area (Å²) in [6.07, 6.45) is 1.56. The van der Waals surface area contributed by atoms with Gasteiger partial charge in [0.1, 0.15) is 12.1 Å². The van der Waals surface area contributed by atoms with E-state index in [4.69, 9.17) is 0 Å². The number of aryl methyl sites for hydroxylation is 1. The van der Waals surface area contributed by atoms with Gasteiger partial charge < -0.3 is 10.1 Å². The molecule has 0 atom stereocenters. The zero-order chi connectivity index (χ0) is 15.3. The number of alkyl halides is 3. The SMILES string of the molecule is O=C(CCn1cnnn1)Nc1ccc(OC(F)(F)Cl)cc1. The molecule has 10 heteroatoms. The Labute approximate surface area is 122 Å². The van der Waals surface area contributed by atoms with Gasteiger partial charge in [-0.25, -0.2) is 4.68 Å². The van der Waals surface area contributed by atoms with Crippen LogP contribution in [-0.2, 0) is 11.3 Å². The molecular formula is C11H10ClF2N5O2. The molecule has 0 saturated carbocycles. The van der Waals surface area contributed by atoms with E-state index in [1.54, 1.807) is 0 Å². The maximum atomic E-state index is 12.4. The van der Waals surface area contributed by atoms with Crippen LogP contribution in [0.15, 0.2) is 30.6 Å². The smallest absolute Gasteiger partial charge is 0.420 e. The molecule has 1 amide bonds. The van der Waals surface area contributed by atoms with Gasteiger partial charge in [-0.2, -0.15) is 0 Å². The highest BCUT2D eigenvalue weighted by molar-refractivity contribution is 6.20. The van der Waals surface area contributed by atoms with Crippen molar-refractivity contribution in [3.8, 4) is 5.75 Å². The van der Waals surface area contributed by atoms with Crippen LogP contribution < -0.4 is 10.1 Å². The molecule has 0 bridgehead atoms. The highest BCUT2D eigenvalue weighted by atomic mass is 35.5. The number of hydrogen-bond acceptors (Lipinski definition) is 5. The second-order valence-electron chi connectivity index (χ2n) is 3.94. The van der Waals surface area contributed by atoms with Crippen molar-refractivity contribution in [1.82, 2.24) is 20.2 Å². The number of amides is 1. The number of anilines is 1. The van der Waals surface area contributed by atoms with Gasteiger partial charge in [0, 0.05) is 23.7 Å². The number of ether oxygens (including phenoxy) is 1. The van der Waals surface area contributed by atoms with Gasteiger partial charge >= 0.3 is 5.57 Å². The lowest BCUT2D eigenvalue weighted by atomic mass is 10.3. The van der Waals surface area contributed by atoms with Crippen molar-refractivity contribution in [1.29, 1.82) is 0 Å². The van der Waals surface area contributed by atoms with Crippen molar-refractivity contribution in [2.24, 2.45) is 0 Å². The number of carbonyl (C=O) groups is 1. The standard InChI is InChI=1S/C11H10ClF2N5O2/c12-11(13,14)21-9-3-1-8(2-4-9)16-10(20)5-6-19-7-15-17-18-19/h1-4,7H,5-6H2,(H,16,20). The molecule has 0 aliphatic carbocycles. The molecule has 1 N–H and O–H groups in total. The van der Waals surface area contributed by atoms with E-state index in [-0.39, 0.29) is 18.1 Å². The Morgan fingerprint density at radius 1 is 1.38 bits per heavy atom. The van der Waals surface area contributed by atoms with Crippen molar-refractivity contribution in [2.75, 3.05) is 5.32 Å². The zero-order valence-electron chi connectivity index (χ0n) is 10.5. The molecule has 21 heavy (non-hydrogen) atoms. The Balaban J connectivity index is 1.83. The van der Waals surface area contributed by atoms with Gasteiger partial charge in [-0.15, -0.1) is 13.9 Å². The van der Waals surface area contributed by atoms with Crippen molar-refractivity contribution in [3.63, 3.8) is 0 Å². The van der Waals surface area contributed by atoms with Crippen LogP contribution in [0.4, 0.5) is 14.5 Å². The van der Waals surface area contributed by atoms with Gasteiger partial charge in [0.2, 0.25) is 5.91 Å². The maximum Gasteiger partial charge on any atom is 0.487 e. The van der Waals surface area contributed by atoms with Gasteiger partial charge in [-0.05, 0) is 34.7 Å². The van der Waals surface area contributed by atoms with Crippen molar-refractivity contribution in [2.45, 2.75) is 18.5 Å². The first-order valence-electron chi connectivity index (χ1n) is 5.79. The van der Waals surface area contributed by atoms with Crippen LogP contribution in [-0.4, -0.2) is 31.7 Å². The van der Waals surface area contributed by atoms with Crippen molar-refractivity contribution in [3.05, 3.63) is 30.6 Å². The highest BCUT2D eigenvalue weighted by Gasteiger charge is 2.27. The van der Waals surface area contributed by atoms with Crippen molar-refractivity contribution < 1.29 is 18.3 Å². The topological polar surface area (TPSA) is 81.9 Å². The molecule has 0 unspecified atom stereocenters. The third-order valence-electron chi connectivity index (χ3n) is 2.33. The number of halogens is 3. The highest BCUT2D eigenvalue weighted by Crippen LogP contribution is 2.25. The quantitative estimate of drug-likeness (QED) is 0.822. The lowest BCUT2D eigenvalue weighted by Gasteiger charge is -2.11. The fourth-order valence-electron chi connectivity index (χ4n) is 1.46. The molecule has 2 aromatic rings. The maximum absolute atomic E-state index is 12.4. The average molecular weight is 318 g/mol. The molecule has 0 radical (unpaired) electrons. The summed E-state index contributed by atoms with van der Waals surface area (Å²) in [5.74, 6) is -0.372. The number of benzene rings is 1. The number of tetrazole rings is 1. The van der Waals surface area contributed by atoms with E-state index in [1.807, 2.05) is 0 Å². The van der Waals surface area contributed by atoms with E-state index in [0.29, 0.717) is 12.2 Å². The molecule has 1 heterocycles. The Kier molecular flexibility index (Phi) is 4.63. The van der Waals surface area contributed by atoms with Crippen LogP contribution in [0.1, 0.15) is 6.42 Å². The van der Waals surface area contributed by atoms with Crippen LogP contribution in [0.2, 0.25) is 0 Å². The lowest BCUT2D eigenvalue weighted by Crippen LogP contribution is -2.16. The van der Waals surface area contributed by atoms with E-state index in [9.17, 15) is 13.6 Å². The minimum absolute atomic E-state index is 0.110. The van der Waals surface area contributed by atoms with Gasteiger partial charge in [0.15, 0.2) is 0 Å². The predicted octanol–water partition coefficient (Wildman–Crippen LogP) is 1.87. The minimum atomic E-state index is -3.77. The Bertz CT molecular complexity index is 586. The molecule has 0 spiro atoms. The molecule has 0 fully saturated rings. The van der Waals surface area contributed by atoms with E-state index in [0.717, 1.165) is 0 Å². The van der Waals surface area contributed by atoms with Gasteiger partial charge in [-0.3, -0.25) is 4.79 Å². The van der Waals surface area contributed by atoms with Crippen molar-refractivity contribution >= 4 is 23.2 Å². The number of nitrogens with zero attached hydrogens (tertiary/aromatic N) is 4. The Hall–Kier alpha value is -2.29. The first-order chi connectivity index (χ1) is 9.92. The molecule has 0 saturated heterocycles. The third-order valence-corrected chi connectivity index (χ3v) is 2.41. The summed E-state index contributed by atoms with van der Waals surface area (Å²) in [7, 11) is 0. The Morgan fingerprint density at radius 2 is 2.10 bits per heavy atom. The van der Waals surface area contributed by atoms with Crippen LogP contribution in [0, 0.1) is 0 Å². The summed E-state index contributed by atoms with van der Waals surface area (Å²) >= 11 is 4.64. The predicted molar refractivity (Wildman–Crippen MR) is 68.9 cm³/mol. The number of aromatic nitrogens is 4. The van der Waals surface area contributed by atoms with Gasteiger partial charge in [-0.1, -0.05) is 0 Å². The van der Waals surface area contributed by atoms with Crippen LogP contribution in [0.5, 0.6) is 5.75 Å². The number of carbonyl (C=O) groups excluding carboxylic acids is 1. The second kappa shape index (κ2) is 6.44. The molecule has 1 aromatic heterocycles. The van der Waals surface area contributed by atoms with Gasteiger partial charge in [0.05, 0.1) is 6.54 Å². The van der Waals surface area contributed by atoms with Crippen LogP contribution in [0.3, 0.4) is 0 Å². The third kappa shape index (κ3) is 5.30. The van der Waals surface area contributed by atoms with E-state index < -0.39 is 5.57 Å². The summed E-state index contributed by atoms with van der Waals surface area (Å²) in [6.45, 7) is 0.332. The Morgan fingerprint density at radius 3 is 2.67 bits per heavy atom. The first-order valence-corrected chi connectivity index (χ1v) is 6.16. The van der Waals surface area contributed by atoms with E-state index in [1.165, 1.54) is 35.3 Å². The first kappa shape index (κ1) is 15.1. The number of nitrogens with one attached hydrogen (secondary N) is 1. The molecule has 0 aliphatic heterocycles. The van der Waals surface area contributed by atoms with Gasteiger partial charge in [0.25, 0.3) is 0 Å². The monoisotopic (exact) mass is 317 g/mol. The van der Waals surface area contributed by atoms with Crippen LogP contribution in [0.25, 0.3) is 0 Å². The van der Waals surface area contributed by atoms with E-state index >= 15 is 0 Å².